The third-order valence-corrected chi connectivity index (χ3v) is 6.96. The summed E-state index contributed by atoms with van der Waals surface area (Å²) in [6.07, 6.45) is 6.25. The quantitative estimate of drug-likeness (QED) is 0.336. The number of nitrogens with zero attached hydrogens (tertiary/aromatic N) is 4. The summed E-state index contributed by atoms with van der Waals surface area (Å²) in [4.78, 5) is 43.2. The van der Waals surface area contributed by atoms with Gasteiger partial charge in [0, 0.05) is 25.0 Å². The number of carbonyl (C=O) groups excluding carboxylic acids is 1. The Labute approximate surface area is 232 Å². The number of aromatic amines is 1. The number of nitrogens with one attached hydrogen (secondary N) is 2. The van der Waals surface area contributed by atoms with Crippen molar-refractivity contribution in [2.75, 3.05) is 25.5 Å². The molecule has 1 aliphatic rings. The van der Waals surface area contributed by atoms with Crippen molar-refractivity contribution in [3.63, 3.8) is 0 Å². The van der Waals surface area contributed by atoms with E-state index in [1.807, 2.05) is 39.0 Å². The molecule has 4 heterocycles. The number of methoxy groups -OCH3 is 1. The highest BCUT2D eigenvalue weighted by Gasteiger charge is 2.28. The van der Waals surface area contributed by atoms with Gasteiger partial charge in [0.25, 0.3) is 5.56 Å². The maximum Gasteiger partial charge on any atom is 0.410 e. The molecule has 208 valence electrons. The lowest BCUT2D eigenvalue weighted by Gasteiger charge is -2.34. The van der Waals surface area contributed by atoms with Crippen molar-refractivity contribution in [3.05, 3.63) is 70.4 Å². The molecule has 3 aromatic heterocycles. The van der Waals surface area contributed by atoms with Crippen molar-refractivity contribution in [3.8, 4) is 17.3 Å². The molecule has 10 nitrogen and oxygen atoms in total. The molecule has 0 atom stereocenters. The highest BCUT2D eigenvalue weighted by atomic mass is 16.6. The molecule has 1 aromatic carbocycles. The number of pyridine rings is 2. The molecule has 40 heavy (non-hydrogen) atoms. The zero-order valence-corrected chi connectivity index (χ0v) is 23.4. The first-order valence-corrected chi connectivity index (χ1v) is 13.4. The van der Waals surface area contributed by atoms with Crippen LogP contribution in [-0.4, -0.2) is 56.7 Å². The number of aryl methyl sites for hydroxylation is 1. The average Bonchev–Trinajstić information content (AvgIpc) is 2.92. The second-order valence-corrected chi connectivity index (χ2v) is 11.0. The predicted octanol–water partition coefficient (Wildman–Crippen LogP) is 5.56. The van der Waals surface area contributed by atoms with Gasteiger partial charge in [0.2, 0.25) is 5.88 Å². The smallest absolute Gasteiger partial charge is 0.410 e. The summed E-state index contributed by atoms with van der Waals surface area (Å²) in [6, 6.07) is 9.84. The highest BCUT2D eigenvalue weighted by Crippen LogP contribution is 2.33. The Bertz CT molecular complexity index is 1600. The molecule has 0 unspecified atom stereocenters. The molecular formula is C30H34N6O4. The number of benzene rings is 1. The molecule has 2 N–H and O–H groups in total. The van der Waals surface area contributed by atoms with Gasteiger partial charge >= 0.3 is 6.09 Å². The summed E-state index contributed by atoms with van der Waals surface area (Å²) in [7, 11) is 1.53. The number of hydrogen-bond donors (Lipinski definition) is 2. The molecule has 1 aliphatic heterocycles. The van der Waals surface area contributed by atoms with Crippen molar-refractivity contribution >= 4 is 28.4 Å². The van der Waals surface area contributed by atoms with E-state index in [0.29, 0.717) is 47.5 Å². The third kappa shape index (κ3) is 5.90. The van der Waals surface area contributed by atoms with Crippen LogP contribution in [0.2, 0.25) is 0 Å². The van der Waals surface area contributed by atoms with Crippen LogP contribution in [-0.2, 0) is 4.74 Å². The van der Waals surface area contributed by atoms with Crippen molar-refractivity contribution < 1.29 is 14.3 Å². The molecule has 0 saturated carbocycles. The zero-order chi connectivity index (χ0) is 28.4. The van der Waals surface area contributed by atoms with Crippen LogP contribution in [0.5, 0.6) is 5.88 Å². The number of fused-ring (bicyclic) bond motifs is 1. The second kappa shape index (κ2) is 11.0. The van der Waals surface area contributed by atoms with Crippen LogP contribution >= 0.6 is 0 Å². The number of rotatable bonds is 5. The number of piperidine rings is 1. The van der Waals surface area contributed by atoms with Crippen LogP contribution in [0.3, 0.4) is 0 Å². The van der Waals surface area contributed by atoms with Gasteiger partial charge in [0.15, 0.2) is 0 Å². The summed E-state index contributed by atoms with van der Waals surface area (Å²) in [5, 5.41) is 4.55. The van der Waals surface area contributed by atoms with E-state index in [2.05, 4.69) is 39.3 Å². The SMILES string of the molecule is COc1cncc(-c2cc3cc[nH]c(=O)c3c(Nc3ccc(C4CCN(C(=O)OC(C)(C)C)CC4)c(C)c3)n2)n1. The van der Waals surface area contributed by atoms with Gasteiger partial charge in [-0.3, -0.25) is 9.78 Å². The lowest BCUT2D eigenvalue weighted by Crippen LogP contribution is -2.41. The second-order valence-electron chi connectivity index (χ2n) is 11.0. The van der Waals surface area contributed by atoms with E-state index in [-0.39, 0.29) is 11.7 Å². The predicted molar refractivity (Wildman–Crippen MR) is 154 cm³/mol. The number of amides is 1. The Kier molecular flexibility index (Phi) is 7.42. The zero-order valence-electron chi connectivity index (χ0n) is 23.4. The number of carbonyl (C=O) groups is 1. The summed E-state index contributed by atoms with van der Waals surface area (Å²) in [5.74, 6) is 1.16. The van der Waals surface area contributed by atoms with Crippen LogP contribution in [0, 0.1) is 6.92 Å². The largest absolute Gasteiger partial charge is 0.480 e. The average molecular weight is 543 g/mol. The van der Waals surface area contributed by atoms with E-state index >= 15 is 0 Å². The van der Waals surface area contributed by atoms with Crippen molar-refractivity contribution in [2.45, 2.75) is 52.1 Å². The lowest BCUT2D eigenvalue weighted by molar-refractivity contribution is 0.0205. The monoisotopic (exact) mass is 542 g/mol. The molecule has 0 radical (unpaired) electrons. The molecule has 10 heteroatoms. The summed E-state index contributed by atoms with van der Waals surface area (Å²) in [5.41, 5.74) is 3.57. The molecule has 0 aliphatic carbocycles. The molecular weight excluding hydrogens is 508 g/mol. The Morgan fingerprint density at radius 1 is 1.07 bits per heavy atom. The highest BCUT2D eigenvalue weighted by molar-refractivity contribution is 5.94. The Morgan fingerprint density at radius 2 is 1.85 bits per heavy atom. The lowest BCUT2D eigenvalue weighted by atomic mass is 9.87. The minimum atomic E-state index is -0.501. The summed E-state index contributed by atoms with van der Waals surface area (Å²) in [6.45, 7) is 9.06. The number of hydrogen-bond acceptors (Lipinski definition) is 8. The Morgan fingerprint density at radius 3 is 2.55 bits per heavy atom. The number of H-pyrrole nitrogens is 1. The first-order chi connectivity index (χ1) is 19.1. The van der Waals surface area contributed by atoms with Crippen LogP contribution < -0.4 is 15.6 Å². The van der Waals surface area contributed by atoms with Gasteiger partial charge in [-0.2, -0.15) is 0 Å². The first kappa shape index (κ1) is 27.1. The molecule has 0 spiro atoms. The van der Waals surface area contributed by atoms with Gasteiger partial charge < -0.3 is 24.7 Å². The van der Waals surface area contributed by atoms with Crippen molar-refractivity contribution in [1.29, 1.82) is 0 Å². The van der Waals surface area contributed by atoms with E-state index in [4.69, 9.17) is 14.5 Å². The molecule has 4 aromatic rings. The number of likely N-dealkylation sites (tertiary alicyclic amines) is 1. The number of anilines is 2. The molecule has 1 saturated heterocycles. The fourth-order valence-electron chi connectivity index (χ4n) is 5.05. The Hall–Kier alpha value is -4.47. The van der Waals surface area contributed by atoms with E-state index in [1.165, 1.54) is 18.9 Å². The van der Waals surface area contributed by atoms with Gasteiger partial charge in [-0.15, -0.1) is 0 Å². The van der Waals surface area contributed by atoms with Gasteiger partial charge in [0.05, 0.1) is 30.6 Å². The van der Waals surface area contributed by atoms with Crippen LogP contribution in [0.15, 0.2) is 53.7 Å². The van der Waals surface area contributed by atoms with Crippen LogP contribution in [0.4, 0.5) is 16.3 Å². The number of ether oxygens (including phenoxy) is 2. The maximum atomic E-state index is 12.8. The van der Waals surface area contributed by atoms with Crippen LogP contribution in [0.1, 0.15) is 50.7 Å². The Balaban J connectivity index is 1.38. The van der Waals surface area contributed by atoms with Gasteiger partial charge in [-0.25, -0.2) is 14.8 Å². The molecule has 1 amide bonds. The van der Waals surface area contributed by atoms with Crippen molar-refractivity contribution in [1.82, 2.24) is 24.8 Å². The van der Waals surface area contributed by atoms with E-state index in [1.54, 1.807) is 17.3 Å². The van der Waals surface area contributed by atoms with E-state index in [0.717, 1.165) is 29.5 Å². The standard InChI is InChI=1S/C30H34N6O4/c1-18-14-21(6-7-22(18)19-9-12-36(13-10-19)29(38)40-30(2,3)4)33-27-26-20(8-11-32-28(26)37)15-23(35-27)24-16-31-17-25(34-24)39-5/h6-8,11,14-17,19H,9-10,12-13H2,1-5H3,(H,32,37)(H,33,35). The third-order valence-electron chi connectivity index (χ3n) is 6.96. The fraction of sp³-hybridized carbons (Fsp3) is 0.367. The molecule has 0 bridgehead atoms. The molecule has 1 fully saturated rings. The van der Waals surface area contributed by atoms with Gasteiger partial charge in [-0.05, 0) is 87.2 Å². The minimum Gasteiger partial charge on any atom is -0.480 e. The van der Waals surface area contributed by atoms with Gasteiger partial charge in [-0.1, -0.05) is 6.07 Å². The van der Waals surface area contributed by atoms with Gasteiger partial charge in [0.1, 0.15) is 17.1 Å². The maximum absolute atomic E-state index is 12.8. The number of aromatic nitrogens is 4. The van der Waals surface area contributed by atoms with E-state index in [9.17, 15) is 9.59 Å². The van der Waals surface area contributed by atoms with Crippen LogP contribution in [0.25, 0.3) is 22.2 Å². The minimum absolute atomic E-state index is 0.235. The topological polar surface area (TPSA) is 122 Å². The summed E-state index contributed by atoms with van der Waals surface area (Å²) >= 11 is 0. The van der Waals surface area contributed by atoms with E-state index < -0.39 is 5.60 Å². The summed E-state index contributed by atoms with van der Waals surface area (Å²) < 4.78 is 10.8. The molecule has 5 rings (SSSR count). The normalized spacial score (nSPS) is 14.3. The fourth-order valence-corrected chi connectivity index (χ4v) is 5.05. The first-order valence-electron chi connectivity index (χ1n) is 13.4. The van der Waals surface area contributed by atoms with Crippen molar-refractivity contribution in [2.24, 2.45) is 0 Å².